The van der Waals surface area contributed by atoms with Gasteiger partial charge < -0.3 is 4.90 Å². The highest BCUT2D eigenvalue weighted by Gasteiger charge is 2.33. The van der Waals surface area contributed by atoms with E-state index in [1.54, 1.807) is 12.1 Å². The SMILES string of the molecule is O=C1CC(CS(=O)(=O)Cl)CN1c1cc(Cl)c(Br)c(Cl)c1. The van der Waals surface area contributed by atoms with E-state index >= 15 is 0 Å². The van der Waals surface area contributed by atoms with E-state index in [2.05, 4.69) is 15.9 Å². The molecular formula is C11H9BrCl3NO3S. The Labute approximate surface area is 139 Å². The molecule has 0 bridgehead atoms. The van der Waals surface area contributed by atoms with Gasteiger partial charge in [0.15, 0.2) is 0 Å². The molecule has 1 aliphatic rings. The summed E-state index contributed by atoms with van der Waals surface area (Å²) < 4.78 is 22.7. The second-order valence-corrected chi connectivity index (χ2v) is 8.93. The molecule has 1 aliphatic heterocycles. The van der Waals surface area contributed by atoms with Crippen LogP contribution >= 0.6 is 49.8 Å². The standard InChI is InChI=1S/C11H9BrCl3NO3S/c12-11-8(13)2-7(3-9(11)14)16-4-6(1-10(16)17)5-20(15,18)19/h2-3,6H,1,4-5H2. The number of hydrogen-bond donors (Lipinski definition) is 0. The summed E-state index contributed by atoms with van der Waals surface area (Å²) >= 11 is 15.2. The molecule has 0 spiro atoms. The number of nitrogens with zero attached hydrogens (tertiary/aromatic N) is 1. The number of rotatable bonds is 3. The van der Waals surface area contributed by atoms with Crippen molar-refractivity contribution in [2.45, 2.75) is 6.42 Å². The summed E-state index contributed by atoms with van der Waals surface area (Å²) in [5.74, 6) is -0.731. The van der Waals surface area contributed by atoms with Gasteiger partial charge in [0, 0.05) is 35.3 Å². The van der Waals surface area contributed by atoms with Crippen LogP contribution in [0, 0.1) is 5.92 Å². The molecule has 4 nitrogen and oxygen atoms in total. The molecule has 0 radical (unpaired) electrons. The van der Waals surface area contributed by atoms with Gasteiger partial charge in [-0.05, 0) is 28.1 Å². The lowest BCUT2D eigenvalue weighted by molar-refractivity contribution is -0.117. The Morgan fingerprint density at radius 2 is 1.85 bits per heavy atom. The molecule has 1 unspecified atom stereocenters. The molecule has 20 heavy (non-hydrogen) atoms. The van der Waals surface area contributed by atoms with Crippen LogP contribution in [0.5, 0.6) is 0 Å². The molecule has 0 aliphatic carbocycles. The van der Waals surface area contributed by atoms with Crippen LogP contribution in [-0.4, -0.2) is 26.6 Å². The summed E-state index contributed by atoms with van der Waals surface area (Å²) in [7, 11) is 1.59. The number of hydrogen-bond acceptors (Lipinski definition) is 3. The van der Waals surface area contributed by atoms with Gasteiger partial charge in [0.05, 0.1) is 20.3 Å². The maximum absolute atomic E-state index is 12.0. The first-order valence-corrected chi connectivity index (χ1v) is 9.57. The summed E-state index contributed by atoms with van der Waals surface area (Å²) in [6.45, 7) is 0.277. The number of amides is 1. The molecule has 1 fully saturated rings. The quantitative estimate of drug-likeness (QED) is 0.553. The highest BCUT2D eigenvalue weighted by Crippen LogP contribution is 2.36. The molecule has 1 heterocycles. The summed E-state index contributed by atoms with van der Waals surface area (Å²) in [6.07, 6.45) is 0.136. The van der Waals surface area contributed by atoms with Crippen LogP contribution in [-0.2, 0) is 13.8 Å². The minimum Gasteiger partial charge on any atom is -0.312 e. The van der Waals surface area contributed by atoms with Crippen molar-refractivity contribution >= 4 is 70.5 Å². The van der Waals surface area contributed by atoms with E-state index in [4.69, 9.17) is 33.9 Å². The molecule has 1 saturated heterocycles. The first-order chi connectivity index (χ1) is 9.17. The van der Waals surface area contributed by atoms with Crippen molar-refractivity contribution < 1.29 is 13.2 Å². The van der Waals surface area contributed by atoms with E-state index in [0.29, 0.717) is 20.2 Å². The number of anilines is 1. The number of carbonyl (C=O) groups excluding carboxylic acids is 1. The first kappa shape index (κ1) is 16.4. The van der Waals surface area contributed by atoms with Gasteiger partial charge in [-0.25, -0.2) is 8.42 Å². The van der Waals surface area contributed by atoms with E-state index in [-0.39, 0.29) is 30.5 Å². The lowest BCUT2D eigenvalue weighted by atomic mass is 10.1. The Balaban J connectivity index is 2.24. The zero-order valence-corrected chi connectivity index (χ0v) is 14.6. The van der Waals surface area contributed by atoms with Gasteiger partial charge in [0.25, 0.3) is 0 Å². The van der Waals surface area contributed by atoms with Gasteiger partial charge in [-0.2, -0.15) is 0 Å². The molecule has 1 aromatic carbocycles. The Morgan fingerprint density at radius 3 is 2.35 bits per heavy atom. The third kappa shape index (κ3) is 3.80. The van der Waals surface area contributed by atoms with Crippen molar-refractivity contribution in [3.8, 4) is 0 Å². The molecule has 1 aromatic rings. The van der Waals surface area contributed by atoms with Crippen molar-refractivity contribution in [3.63, 3.8) is 0 Å². The van der Waals surface area contributed by atoms with Crippen LogP contribution in [0.2, 0.25) is 10.0 Å². The van der Waals surface area contributed by atoms with Crippen LogP contribution in [0.3, 0.4) is 0 Å². The molecule has 9 heteroatoms. The first-order valence-electron chi connectivity index (χ1n) is 5.54. The van der Waals surface area contributed by atoms with Gasteiger partial charge in [-0.15, -0.1) is 0 Å². The average molecular weight is 422 g/mol. The molecule has 0 aromatic heterocycles. The normalized spacial score (nSPS) is 19.7. The summed E-state index contributed by atoms with van der Waals surface area (Å²) in [5, 5.41) is 0.766. The van der Waals surface area contributed by atoms with E-state index in [1.165, 1.54) is 4.90 Å². The average Bonchev–Trinajstić information content (AvgIpc) is 2.63. The third-order valence-electron chi connectivity index (χ3n) is 2.92. The maximum atomic E-state index is 12.0. The number of halogens is 4. The van der Waals surface area contributed by atoms with Crippen LogP contribution in [0.4, 0.5) is 5.69 Å². The second kappa shape index (κ2) is 6.01. The van der Waals surface area contributed by atoms with E-state index in [0.717, 1.165) is 0 Å². The van der Waals surface area contributed by atoms with Crippen LogP contribution < -0.4 is 4.90 Å². The second-order valence-electron chi connectivity index (χ2n) is 4.50. The Hall–Kier alpha value is -0.0100. The molecule has 1 atom stereocenters. The third-order valence-corrected chi connectivity index (χ3v) is 6.07. The van der Waals surface area contributed by atoms with Gasteiger partial charge >= 0.3 is 0 Å². The smallest absolute Gasteiger partial charge is 0.232 e. The lowest BCUT2D eigenvalue weighted by Gasteiger charge is -2.18. The summed E-state index contributed by atoms with van der Waals surface area (Å²) in [5.41, 5.74) is 0.544. The van der Waals surface area contributed by atoms with Crippen LogP contribution in [0.1, 0.15) is 6.42 Å². The molecular weight excluding hydrogens is 412 g/mol. The highest BCUT2D eigenvalue weighted by molar-refractivity contribution is 9.10. The Morgan fingerprint density at radius 1 is 1.30 bits per heavy atom. The van der Waals surface area contributed by atoms with E-state index < -0.39 is 9.05 Å². The fourth-order valence-electron chi connectivity index (χ4n) is 2.12. The fraction of sp³-hybridized carbons (Fsp3) is 0.364. The van der Waals surface area contributed by atoms with Gasteiger partial charge in [-0.1, -0.05) is 23.2 Å². The van der Waals surface area contributed by atoms with E-state index in [9.17, 15) is 13.2 Å². The van der Waals surface area contributed by atoms with Crippen molar-refractivity contribution in [2.75, 3.05) is 17.2 Å². The van der Waals surface area contributed by atoms with Gasteiger partial charge in [-0.3, -0.25) is 4.79 Å². The van der Waals surface area contributed by atoms with Crippen molar-refractivity contribution in [3.05, 3.63) is 26.7 Å². The minimum atomic E-state index is -3.63. The lowest BCUT2D eigenvalue weighted by Crippen LogP contribution is -2.25. The van der Waals surface area contributed by atoms with Gasteiger partial charge in [0.1, 0.15) is 0 Å². The van der Waals surface area contributed by atoms with Crippen LogP contribution in [0.15, 0.2) is 16.6 Å². The predicted octanol–water partition coefficient (Wildman–Crippen LogP) is 3.68. The molecule has 0 N–H and O–H groups in total. The molecule has 0 saturated carbocycles. The summed E-state index contributed by atoms with van der Waals surface area (Å²) in [4.78, 5) is 13.4. The maximum Gasteiger partial charge on any atom is 0.232 e. The summed E-state index contributed by atoms with van der Waals surface area (Å²) in [6, 6.07) is 3.21. The fourth-order valence-corrected chi connectivity index (χ4v) is 4.15. The number of benzene rings is 1. The van der Waals surface area contributed by atoms with Crippen molar-refractivity contribution in [2.24, 2.45) is 5.92 Å². The zero-order chi connectivity index (χ0) is 15.1. The van der Waals surface area contributed by atoms with E-state index in [1.807, 2.05) is 0 Å². The number of carbonyl (C=O) groups is 1. The topological polar surface area (TPSA) is 54.5 Å². The van der Waals surface area contributed by atoms with Gasteiger partial charge in [0.2, 0.25) is 15.0 Å². The largest absolute Gasteiger partial charge is 0.312 e. The van der Waals surface area contributed by atoms with Crippen molar-refractivity contribution in [1.29, 1.82) is 0 Å². The minimum absolute atomic E-state index is 0.136. The molecule has 1 amide bonds. The zero-order valence-electron chi connectivity index (χ0n) is 9.95. The predicted molar refractivity (Wildman–Crippen MR) is 84.3 cm³/mol. The Bertz CT molecular complexity index is 642. The molecule has 2 rings (SSSR count). The monoisotopic (exact) mass is 419 g/mol. The van der Waals surface area contributed by atoms with Crippen molar-refractivity contribution in [1.82, 2.24) is 0 Å². The highest BCUT2D eigenvalue weighted by atomic mass is 79.9. The molecule has 110 valence electrons. The van der Waals surface area contributed by atoms with Crippen LogP contribution in [0.25, 0.3) is 0 Å². The Kier molecular flexibility index (Phi) is 4.91.